The van der Waals surface area contributed by atoms with Crippen molar-refractivity contribution in [2.75, 3.05) is 26.7 Å². The topological polar surface area (TPSA) is 70.7 Å². The largest absolute Gasteiger partial charge is 0.496 e. The molecule has 2 aromatic rings. The number of nitrogens with one attached hydrogen (secondary N) is 2. The van der Waals surface area contributed by atoms with Crippen LogP contribution in [0.3, 0.4) is 0 Å². The van der Waals surface area contributed by atoms with Crippen LogP contribution >= 0.6 is 0 Å². The van der Waals surface area contributed by atoms with E-state index in [0.29, 0.717) is 26.1 Å². The Morgan fingerprint density at radius 1 is 1.18 bits per heavy atom. The van der Waals surface area contributed by atoms with E-state index in [1.54, 1.807) is 7.11 Å². The molecule has 3 rings (SSSR count). The maximum atomic E-state index is 12.5. The van der Waals surface area contributed by atoms with Crippen molar-refractivity contribution < 1.29 is 14.3 Å². The number of ether oxygens (including phenoxy) is 1. The monoisotopic (exact) mass is 381 g/mol. The molecule has 6 heteroatoms. The fourth-order valence-electron chi connectivity index (χ4n) is 3.49. The van der Waals surface area contributed by atoms with Gasteiger partial charge in [-0.1, -0.05) is 48.5 Å². The van der Waals surface area contributed by atoms with Gasteiger partial charge in [-0.25, -0.2) is 0 Å². The molecule has 1 saturated heterocycles. The lowest BCUT2D eigenvalue weighted by molar-refractivity contribution is -0.134. The molecule has 1 fully saturated rings. The van der Waals surface area contributed by atoms with Crippen LogP contribution in [0.2, 0.25) is 0 Å². The highest BCUT2D eigenvalue weighted by molar-refractivity contribution is 5.88. The van der Waals surface area contributed by atoms with Crippen LogP contribution in [-0.2, 0) is 22.6 Å². The summed E-state index contributed by atoms with van der Waals surface area (Å²) in [6.45, 7) is 2.51. The Hall–Kier alpha value is -2.86. The highest BCUT2D eigenvalue weighted by atomic mass is 16.5. The fraction of sp³-hybridized carbons (Fsp3) is 0.364. The second-order valence-electron chi connectivity index (χ2n) is 6.88. The lowest BCUT2D eigenvalue weighted by atomic mass is 10.1. The van der Waals surface area contributed by atoms with Crippen molar-refractivity contribution in [2.24, 2.45) is 0 Å². The fourth-order valence-corrected chi connectivity index (χ4v) is 3.49. The van der Waals surface area contributed by atoms with Gasteiger partial charge >= 0.3 is 0 Å². The van der Waals surface area contributed by atoms with Crippen molar-refractivity contribution in [1.82, 2.24) is 15.5 Å². The smallest absolute Gasteiger partial charge is 0.237 e. The van der Waals surface area contributed by atoms with Gasteiger partial charge in [0.1, 0.15) is 5.75 Å². The molecular formula is C22H27N3O3. The molecule has 0 unspecified atom stereocenters. The normalized spacial score (nSPS) is 17.0. The van der Waals surface area contributed by atoms with Gasteiger partial charge in [0, 0.05) is 26.2 Å². The highest BCUT2D eigenvalue weighted by Crippen LogP contribution is 2.17. The minimum atomic E-state index is -0.444. The van der Waals surface area contributed by atoms with Gasteiger partial charge in [-0.15, -0.1) is 0 Å². The number of methoxy groups -OCH3 is 1. The summed E-state index contributed by atoms with van der Waals surface area (Å²) < 4.78 is 5.34. The number of para-hydroxylation sites is 1. The van der Waals surface area contributed by atoms with E-state index in [4.69, 9.17) is 4.74 Å². The molecule has 0 aromatic heterocycles. The zero-order chi connectivity index (χ0) is 19.8. The van der Waals surface area contributed by atoms with Crippen molar-refractivity contribution in [3.05, 3.63) is 65.7 Å². The van der Waals surface area contributed by atoms with Gasteiger partial charge in [0.15, 0.2) is 0 Å². The third kappa shape index (κ3) is 5.33. The van der Waals surface area contributed by atoms with E-state index in [0.717, 1.165) is 23.4 Å². The summed E-state index contributed by atoms with van der Waals surface area (Å²) in [5, 5.41) is 5.81. The minimum absolute atomic E-state index is 0.0814. The van der Waals surface area contributed by atoms with Crippen molar-refractivity contribution in [3.8, 4) is 5.75 Å². The number of carbonyl (C=O) groups excluding carboxylic acids is 2. The van der Waals surface area contributed by atoms with E-state index in [-0.39, 0.29) is 18.2 Å². The molecule has 1 aliphatic rings. The number of rotatable bonds is 8. The predicted octanol–water partition coefficient (Wildman–Crippen LogP) is 1.74. The molecule has 1 aliphatic heterocycles. The van der Waals surface area contributed by atoms with E-state index in [1.807, 2.05) is 54.6 Å². The lowest BCUT2D eigenvalue weighted by Gasteiger charge is -2.34. The van der Waals surface area contributed by atoms with Crippen molar-refractivity contribution in [1.29, 1.82) is 0 Å². The van der Waals surface area contributed by atoms with Crippen LogP contribution in [0.25, 0.3) is 0 Å². The molecule has 2 aromatic carbocycles. The molecular weight excluding hydrogens is 354 g/mol. The molecule has 1 heterocycles. The van der Waals surface area contributed by atoms with Crippen LogP contribution in [0.5, 0.6) is 5.75 Å². The Bertz CT molecular complexity index is 795. The van der Waals surface area contributed by atoms with Gasteiger partial charge in [0.2, 0.25) is 11.8 Å². The van der Waals surface area contributed by atoms with Gasteiger partial charge in [-0.2, -0.15) is 0 Å². The molecule has 0 bridgehead atoms. The minimum Gasteiger partial charge on any atom is -0.496 e. The Balaban J connectivity index is 1.53. The van der Waals surface area contributed by atoms with E-state index in [1.165, 1.54) is 0 Å². The molecule has 1 atom stereocenters. The number of carbonyl (C=O) groups is 2. The average Bonchev–Trinajstić information content (AvgIpc) is 2.72. The van der Waals surface area contributed by atoms with E-state index < -0.39 is 6.04 Å². The van der Waals surface area contributed by atoms with E-state index >= 15 is 0 Å². The van der Waals surface area contributed by atoms with Crippen molar-refractivity contribution in [2.45, 2.75) is 25.4 Å². The predicted molar refractivity (Wildman–Crippen MR) is 108 cm³/mol. The SMILES string of the molecule is COc1ccccc1CCNC(=O)C[C@H]1C(=O)NCCN1Cc1ccccc1. The Morgan fingerprint density at radius 3 is 2.71 bits per heavy atom. The van der Waals surface area contributed by atoms with Crippen LogP contribution < -0.4 is 15.4 Å². The van der Waals surface area contributed by atoms with Crippen molar-refractivity contribution in [3.63, 3.8) is 0 Å². The number of benzene rings is 2. The molecule has 0 radical (unpaired) electrons. The van der Waals surface area contributed by atoms with Crippen LogP contribution in [-0.4, -0.2) is 49.5 Å². The second kappa shape index (κ2) is 9.90. The third-order valence-electron chi connectivity index (χ3n) is 4.96. The quantitative estimate of drug-likeness (QED) is 0.731. The summed E-state index contributed by atoms with van der Waals surface area (Å²) in [5.41, 5.74) is 2.19. The molecule has 148 valence electrons. The maximum Gasteiger partial charge on any atom is 0.237 e. The zero-order valence-electron chi connectivity index (χ0n) is 16.2. The first-order chi connectivity index (χ1) is 13.7. The van der Waals surface area contributed by atoms with E-state index in [9.17, 15) is 9.59 Å². The number of nitrogens with zero attached hydrogens (tertiary/aromatic N) is 1. The lowest BCUT2D eigenvalue weighted by Crippen LogP contribution is -2.56. The van der Waals surface area contributed by atoms with Gasteiger partial charge < -0.3 is 15.4 Å². The first-order valence-corrected chi connectivity index (χ1v) is 9.61. The standard InChI is InChI=1S/C22H27N3O3/c1-28-20-10-6-5-9-18(20)11-12-23-21(26)15-19-22(27)24-13-14-25(19)16-17-7-3-2-4-8-17/h2-10,19H,11-16H2,1H3,(H,23,26)(H,24,27)/t19-/m0/s1. The number of hydrogen-bond donors (Lipinski definition) is 2. The van der Waals surface area contributed by atoms with Crippen LogP contribution in [0.15, 0.2) is 54.6 Å². The number of amides is 2. The van der Waals surface area contributed by atoms with E-state index in [2.05, 4.69) is 15.5 Å². The Kier molecular flexibility index (Phi) is 7.03. The van der Waals surface area contributed by atoms with Gasteiger partial charge in [0.25, 0.3) is 0 Å². The third-order valence-corrected chi connectivity index (χ3v) is 4.96. The average molecular weight is 381 g/mol. The van der Waals surface area contributed by atoms with Gasteiger partial charge in [-0.3, -0.25) is 14.5 Å². The zero-order valence-corrected chi connectivity index (χ0v) is 16.2. The summed E-state index contributed by atoms with van der Waals surface area (Å²) in [4.78, 5) is 26.9. The molecule has 6 nitrogen and oxygen atoms in total. The summed E-state index contributed by atoms with van der Waals surface area (Å²) in [6.07, 6.45) is 0.838. The Morgan fingerprint density at radius 2 is 1.93 bits per heavy atom. The highest BCUT2D eigenvalue weighted by Gasteiger charge is 2.31. The van der Waals surface area contributed by atoms with Crippen LogP contribution in [0.4, 0.5) is 0 Å². The molecule has 28 heavy (non-hydrogen) atoms. The summed E-state index contributed by atoms with van der Waals surface area (Å²) >= 11 is 0. The molecule has 0 saturated carbocycles. The number of hydrogen-bond acceptors (Lipinski definition) is 4. The van der Waals surface area contributed by atoms with Crippen LogP contribution in [0, 0.1) is 0 Å². The number of piperazine rings is 1. The summed E-state index contributed by atoms with van der Waals surface area (Å²) in [7, 11) is 1.64. The van der Waals surface area contributed by atoms with Gasteiger partial charge in [-0.05, 0) is 23.6 Å². The van der Waals surface area contributed by atoms with Crippen LogP contribution in [0.1, 0.15) is 17.5 Å². The first-order valence-electron chi connectivity index (χ1n) is 9.61. The summed E-state index contributed by atoms with van der Waals surface area (Å²) in [5.74, 6) is 0.620. The molecule has 0 aliphatic carbocycles. The van der Waals surface area contributed by atoms with Gasteiger partial charge in [0.05, 0.1) is 19.6 Å². The molecule has 0 spiro atoms. The summed E-state index contributed by atoms with van der Waals surface area (Å²) in [6, 6.07) is 17.3. The first kappa shape index (κ1) is 19.9. The molecule has 2 amide bonds. The maximum absolute atomic E-state index is 12.5. The molecule has 2 N–H and O–H groups in total. The second-order valence-corrected chi connectivity index (χ2v) is 6.88. The van der Waals surface area contributed by atoms with Crippen molar-refractivity contribution >= 4 is 11.8 Å². The Labute approximate surface area is 165 Å².